The molecule has 0 fully saturated rings. The molecule has 5 heteroatoms. The number of oxazole rings is 1. The number of rotatable bonds is 1. The number of hydrogen-bond donors (Lipinski definition) is 2. The van der Waals surface area contributed by atoms with E-state index >= 15 is 0 Å². The van der Waals surface area contributed by atoms with E-state index in [9.17, 15) is 5.26 Å². The van der Waals surface area contributed by atoms with E-state index < -0.39 is 0 Å². The van der Waals surface area contributed by atoms with Crippen molar-refractivity contribution in [2.45, 2.75) is 32.1 Å². The quantitative estimate of drug-likeness (QED) is 0.843. The highest BCUT2D eigenvalue weighted by molar-refractivity contribution is 5.61. The molecule has 0 radical (unpaired) electrons. The highest BCUT2D eigenvalue weighted by Crippen LogP contribution is 2.41. The summed E-state index contributed by atoms with van der Waals surface area (Å²) in [5, 5.41) is 12.5. The fourth-order valence-electron chi connectivity index (χ4n) is 2.51. The van der Waals surface area contributed by atoms with E-state index in [4.69, 9.17) is 10.2 Å². The van der Waals surface area contributed by atoms with E-state index in [1.54, 1.807) is 0 Å². The number of benzene rings is 1. The zero-order chi connectivity index (χ0) is 15.9. The van der Waals surface area contributed by atoms with Gasteiger partial charge in [-0.15, -0.1) is 0 Å². The van der Waals surface area contributed by atoms with Crippen molar-refractivity contribution in [3.63, 3.8) is 0 Å². The predicted molar refractivity (Wildman–Crippen MR) is 83.9 cm³/mol. The molecule has 0 aliphatic carbocycles. The summed E-state index contributed by atoms with van der Waals surface area (Å²) in [7, 11) is 0. The Balaban J connectivity index is 2.19. The molecule has 1 aliphatic rings. The molecule has 0 bridgehead atoms. The number of nitrogens with zero attached hydrogens (tertiary/aromatic N) is 2. The fraction of sp³-hybridized carbons (Fsp3) is 0.294. The SMILES string of the molecule is CC(C)(C)c1nc2c(o1)NC(N)=C(C#N)C2c1ccccc1. The summed E-state index contributed by atoms with van der Waals surface area (Å²) in [6.45, 7) is 6.09. The minimum Gasteiger partial charge on any atom is -0.424 e. The van der Waals surface area contributed by atoms with Crippen molar-refractivity contribution < 1.29 is 4.42 Å². The first-order valence-corrected chi connectivity index (χ1v) is 7.14. The van der Waals surface area contributed by atoms with Gasteiger partial charge in [0.2, 0.25) is 11.8 Å². The summed E-state index contributed by atoms with van der Waals surface area (Å²) in [5.74, 6) is 1.16. The normalized spacial score (nSPS) is 17.6. The second-order valence-electron chi connectivity index (χ2n) is 6.39. The molecule has 3 N–H and O–H groups in total. The molecular formula is C17H18N4O. The van der Waals surface area contributed by atoms with Gasteiger partial charge in [-0.2, -0.15) is 5.26 Å². The Labute approximate surface area is 129 Å². The second-order valence-corrected chi connectivity index (χ2v) is 6.39. The Hall–Kier alpha value is -2.74. The molecule has 2 heterocycles. The molecule has 0 amide bonds. The first-order chi connectivity index (χ1) is 10.4. The number of nitrogens with two attached hydrogens (primary N) is 1. The number of nitriles is 1. The Kier molecular flexibility index (Phi) is 3.18. The minimum absolute atomic E-state index is 0.220. The summed E-state index contributed by atoms with van der Waals surface area (Å²) in [5.41, 5.74) is 7.93. The lowest BCUT2D eigenvalue weighted by Gasteiger charge is -2.22. The van der Waals surface area contributed by atoms with Crippen molar-refractivity contribution in [1.82, 2.24) is 4.98 Å². The highest BCUT2D eigenvalue weighted by atomic mass is 16.4. The molecule has 1 aromatic carbocycles. The summed E-state index contributed by atoms with van der Waals surface area (Å²) >= 11 is 0. The van der Waals surface area contributed by atoms with Gasteiger partial charge in [-0.3, -0.25) is 0 Å². The number of hydrogen-bond acceptors (Lipinski definition) is 5. The lowest BCUT2D eigenvalue weighted by Crippen LogP contribution is -2.22. The minimum atomic E-state index is -0.303. The molecule has 1 unspecified atom stereocenters. The number of anilines is 1. The predicted octanol–water partition coefficient (Wildman–Crippen LogP) is 3.22. The average molecular weight is 294 g/mol. The van der Waals surface area contributed by atoms with Gasteiger partial charge in [0.05, 0.1) is 17.6 Å². The summed E-state index contributed by atoms with van der Waals surface area (Å²) in [6, 6.07) is 12.0. The zero-order valence-electron chi connectivity index (χ0n) is 12.8. The lowest BCUT2D eigenvalue weighted by molar-refractivity contribution is 0.400. The van der Waals surface area contributed by atoms with Crippen LogP contribution in [0.1, 0.15) is 43.8 Å². The standard InChI is InChI=1S/C17H18N4O/c1-17(2,3)16-20-13-12(10-7-5-4-6-8-10)11(9-18)14(19)21-15(13)22-16/h4-8,12,21H,19H2,1-3H3. The van der Waals surface area contributed by atoms with Gasteiger partial charge in [0.1, 0.15) is 11.5 Å². The zero-order valence-corrected chi connectivity index (χ0v) is 12.8. The van der Waals surface area contributed by atoms with Crippen LogP contribution in [0.25, 0.3) is 0 Å². The van der Waals surface area contributed by atoms with Gasteiger partial charge in [-0.1, -0.05) is 51.1 Å². The maximum atomic E-state index is 9.50. The van der Waals surface area contributed by atoms with Crippen LogP contribution < -0.4 is 11.1 Å². The third kappa shape index (κ3) is 2.23. The van der Waals surface area contributed by atoms with Gasteiger partial charge in [0.25, 0.3) is 0 Å². The van der Waals surface area contributed by atoms with Gasteiger partial charge in [0, 0.05) is 5.41 Å². The van der Waals surface area contributed by atoms with Crippen LogP contribution in [-0.2, 0) is 5.41 Å². The third-order valence-corrected chi connectivity index (χ3v) is 3.65. The van der Waals surface area contributed by atoms with Crippen LogP contribution >= 0.6 is 0 Å². The van der Waals surface area contributed by atoms with Crippen LogP contribution in [0, 0.1) is 11.3 Å². The van der Waals surface area contributed by atoms with Crippen molar-refractivity contribution >= 4 is 5.88 Å². The van der Waals surface area contributed by atoms with E-state index in [2.05, 4.69) is 16.4 Å². The van der Waals surface area contributed by atoms with E-state index in [0.29, 0.717) is 28.9 Å². The fourth-order valence-corrected chi connectivity index (χ4v) is 2.51. The number of fused-ring (bicyclic) bond motifs is 1. The monoisotopic (exact) mass is 294 g/mol. The van der Waals surface area contributed by atoms with Crippen molar-refractivity contribution in [3.05, 3.63) is 58.9 Å². The second kappa shape index (κ2) is 4.92. The maximum Gasteiger partial charge on any atom is 0.223 e. The summed E-state index contributed by atoms with van der Waals surface area (Å²) in [4.78, 5) is 4.64. The summed E-state index contributed by atoms with van der Waals surface area (Å²) < 4.78 is 5.84. The number of aromatic nitrogens is 1. The first kappa shape index (κ1) is 14.2. The van der Waals surface area contributed by atoms with Crippen LogP contribution in [0.4, 0.5) is 5.88 Å². The van der Waals surface area contributed by atoms with Gasteiger partial charge < -0.3 is 15.5 Å². The highest BCUT2D eigenvalue weighted by Gasteiger charge is 2.35. The van der Waals surface area contributed by atoms with E-state index in [-0.39, 0.29) is 11.3 Å². The van der Waals surface area contributed by atoms with E-state index in [1.807, 2.05) is 51.1 Å². The molecule has 1 aliphatic heterocycles. The Morgan fingerprint density at radius 3 is 2.55 bits per heavy atom. The summed E-state index contributed by atoms with van der Waals surface area (Å²) in [6.07, 6.45) is 0. The number of nitrogens with one attached hydrogen (secondary N) is 1. The van der Waals surface area contributed by atoms with Gasteiger partial charge in [-0.25, -0.2) is 4.98 Å². The Morgan fingerprint density at radius 1 is 1.27 bits per heavy atom. The largest absolute Gasteiger partial charge is 0.424 e. The van der Waals surface area contributed by atoms with Crippen LogP contribution in [0.3, 0.4) is 0 Å². The molecule has 112 valence electrons. The molecule has 0 spiro atoms. The molecule has 1 atom stereocenters. The van der Waals surface area contributed by atoms with Crippen molar-refractivity contribution in [2.24, 2.45) is 5.73 Å². The Bertz CT molecular complexity index is 775. The number of allylic oxidation sites excluding steroid dienone is 1. The van der Waals surface area contributed by atoms with Crippen LogP contribution in [0.15, 0.2) is 46.1 Å². The maximum absolute atomic E-state index is 9.50. The van der Waals surface area contributed by atoms with Crippen molar-refractivity contribution in [3.8, 4) is 6.07 Å². The van der Waals surface area contributed by atoms with Crippen LogP contribution in [0.5, 0.6) is 0 Å². The van der Waals surface area contributed by atoms with E-state index in [1.165, 1.54) is 0 Å². The smallest absolute Gasteiger partial charge is 0.223 e. The van der Waals surface area contributed by atoms with E-state index in [0.717, 1.165) is 5.56 Å². The molecule has 1 aromatic heterocycles. The van der Waals surface area contributed by atoms with Gasteiger partial charge >= 0.3 is 0 Å². The van der Waals surface area contributed by atoms with Crippen molar-refractivity contribution in [2.75, 3.05) is 5.32 Å². The molecule has 0 saturated carbocycles. The molecule has 0 saturated heterocycles. The molecular weight excluding hydrogens is 276 g/mol. The molecule has 3 rings (SSSR count). The molecule has 2 aromatic rings. The Morgan fingerprint density at radius 2 is 1.95 bits per heavy atom. The average Bonchev–Trinajstić information content (AvgIpc) is 2.90. The van der Waals surface area contributed by atoms with Crippen LogP contribution in [0.2, 0.25) is 0 Å². The van der Waals surface area contributed by atoms with Gasteiger partial charge in [0.15, 0.2) is 0 Å². The topological polar surface area (TPSA) is 87.9 Å². The third-order valence-electron chi connectivity index (χ3n) is 3.65. The van der Waals surface area contributed by atoms with Gasteiger partial charge in [-0.05, 0) is 5.56 Å². The molecule has 22 heavy (non-hydrogen) atoms. The molecule has 5 nitrogen and oxygen atoms in total. The van der Waals surface area contributed by atoms with Crippen molar-refractivity contribution in [1.29, 1.82) is 5.26 Å². The lowest BCUT2D eigenvalue weighted by atomic mass is 9.87. The van der Waals surface area contributed by atoms with Crippen LogP contribution in [-0.4, -0.2) is 4.98 Å². The first-order valence-electron chi connectivity index (χ1n) is 7.14.